The van der Waals surface area contributed by atoms with Gasteiger partial charge in [-0.25, -0.2) is 4.99 Å². The van der Waals surface area contributed by atoms with Gasteiger partial charge in [-0.05, 0) is 49.4 Å². The molecular weight excluding hydrogens is 451 g/mol. The third-order valence-electron chi connectivity index (χ3n) is 5.10. The van der Waals surface area contributed by atoms with Gasteiger partial charge in [-0.1, -0.05) is 0 Å². The van der Waals surface area contributed by atoms with E-state index >= 15 is 0 Å². The van der Waals surface area contributed by atoms with Crippen LogP contribution in [0.2, 0.25) is 0 Å². The number of nitrogens with zero attached hydrogens (tertiary/aromatic N) is 3. The predicted octanol–water partition coefficient (Wildman–Crippen LogP) is 3.16. The van der Waals surface area contributed by atoms with Crippen LogP contribution in [0.25, 0.3) is 16.7 Å². The first-order valence-electron chi connectivity index (χ1n) is 10.1. The second kappa shape index (κ2) is 8.46. The van der Waals surface area contributed by atoms with Crippen LogP contribution in [-0.4, -0.2) is 20.1 Å². The van der Waals surface area contributed by atoms with Gasteiger partial charge in [-0.15, -0.1) is 0 Å². The number of aromatic nitrogens is 3. The molecule has 0 saturated heterocycles. The molecule has 2 heterocycles. The number of rotatable bonds is 4. The molecule has 2 aromatic carbocycles. The Labute approximate surface area is 190 Å². The number of halogens is 3. The molecule has 0 aliphatic carbocycles. The molecule has 0 aliphatic heterocycles. The zero-order valence-electron chi connectivity index (χ0n) is 17.8. The molecule has 0 spiro atoms. The SMILES string of the molecule is CCn1c(=O)c(=O)[nH]c2cc(C(F)(F)F)c(-n3ccc(NC(N)=Nc4ccc(N)cc4)c3)cc21. The van der Waals surface area contributed by atoms with E-state index in [1.165, 1.54) is 29.1 Å². The van der Waals surface area contributed by atoms with Crippen LogP contribution in [-0.2, 0) is 12.7 Å². The van der Waals surface area contributed by atoms with Gasteiger partial charge in [-0.3, -0.25) is 9.59 Å². The lowest BCUT2D eigenvalue weighted by Gasteiger charge is -2.16. The van der Waals surface area contributed by atoms with Gasteiger partial charge < -0.3 is 30.9 Å². The Kier molecular flexibility index (Phi) is 5.65. The van der Waals surface area contributed by atoms with Crippen LogP contribution in [0.4, 0.5) is 30.2 Å². The van der Waals surface area contributed by atoms with Crippen LogP contribution in [0.3, 0.4) is 0 Å². The first-order valence-corrected chi connectivity index (χ1v) is 10.1. The van der Waals surface area contributed by atoms with E-state index in [1.807, 2.05) is 0 Å². The number of nitrogens with two attached hydrogens (primary N) is 2. The summed E-state index contributed by atoms with van der Waals surface area (Å²) >= 11 is 0. The van der Waals surface area contributed by atoms with Crippen LogP contribution >= 0.6 is 0 Å². The predicted molar refractivity (Wildman–Crippen MR) is 125 cm³/mol. The summed E-state index contributed by atoms with van der Waals surface area (Å²) in [6.07, 6.45) is -1.90. The molecule has 2 aromatic heterocycles. The lowest BCUT2D eigenvalue weighted by molar-refractivity contribution is -0.137. The van der Waals surface area contributed by atoms with E-state index in [2.05, 4.69) is 15.3 Å². The van der Waals surface area contributed by atoms with Gasteiger partial charge in [0.15, 0.2) is 5.96 Å². The standard InChI is InChI=1S/C22H20F3N7O2/c1-2-32-18-10-17(15(22(23,24)25)9-16(18)30-19(33)20(32)34)31-8-7-14(11-31)29-21(27)28-13-5-3-12(26)4-6-13/h3-11H,2,26H2,1H3,(H,30,33)(H3,27,28,29). The fourth-order valence-electron chi connectivity index (χ4n) is 3.55. The summed E-state index contributed by atoms with van der Waals surface area (Å²) in [6, 6.07) is 10.2. The summed E-state index contributed by atoms with van der Waals surface area (Å²) in [5.74, 6) is 0.0227. The van der Waals surface area contributed by atoms with Gasteiger partial charge in [-0.2, -0.15) is 13.2 Å². The Morgan fingerprint density at radius 3 is 2.50 bits per heavy atom. The summed E-state index contributed by atoms with van der Waals surface area (Å²) in [5, 5.41) is 2.82. The van der Waals surface area contributed by atoms with E-state index in [9.17, 15) is 22.8 Å². The molecule has 0 saturated carbocycles. The molecule has 12 heteroatoms. The lowest BCUT2D eigenvalue weighted by atomic mass is 10.1. The van der Waals surface area contributed by atoms with Gasteiger partial charge >= 0.3 is 17.3 Å². The number of anilines is 2. The maximum Gasteiger partial charge on any atom is 0.418 e. The van der Waals surface area contributed by atoms with Crippen molar-refractivity contribution in [2.24, 2.45) is 10.7 Å². The molecule has 0 amide bonds. The number of nitrogen functional groups attached to an aromatic ring is 1. The van der Waals surface area contributed by atoms with E-state index in [0.717, 1.165) is 10.6 Å². The number of guanidine groups is 1. The van der Waals surface area contributed by atoms with E-state index in [0.29, 0.717) is 17.1 Å². The Hall–Kier alpha value is -4.48. The van der Waals surface area contributed by atoms with Crippen molar-refractivity contribution in [3.8, 4) is 5.69 Å². The number of aliphatic imine (C=N–C) groups is 1. The first-order chi connectivity index (χ1) is 16.1. The van der Waals surface area contributed by atoms with Crippen molar-refractivity contribution in [1.82, 2.24) is 14.1 Å². The number of hydrogen-bond acceptors (Lipinski definition) is 4. The largest absolute Gasteiger partial charge is 0.418 e. The number of nitrogens with one attached hydrogen (secondary N) is 2. The van der Waals surface area contributed by atoms with Crippen LogP contribution in [0, 0.1) is 0 Å². The smallest absolute Gasteiger partial charge is 0.399 e. The van der Waals surface area contributed by atoms with E-state index in [-0.39, 0.29) is 29.2 Å². The van der Waals surface area contributed by atoms with Crippen molar-refractivity contribution in [3.05, 3.63) is 81.1 Å². The van der Waals surface area contributed by atoms with Crippen molar-refractivity contribution >= 4 is 34.1 Å². The highest BCUT2D eigenvalue weighted by Crippen LogP contribution is 2.36. The molecule has 0 aliphatic rings. The van der Waals surface area contributed by atoms with Gasteiger partial charge in [0.05, 0.1) is 33.7 Å². The van der Waals surface area contributed by atoms with Gasteiger partial charge in [0.25, 0.3) is 0 Å². The molecule has 176 valence electrons. The van der Waals surface area contributed by atoms with E-state index in [4.69, 9.17) is 11.5 Å². The number of benzene rings is 2. The molecule has 0 radical (unpaired) electrons. The average Bonchev–Trinajstić information content (AvgIpc) is 3.23. The number of H-pyrrole nitrogens is 1. The zero-order chi connectivity index (χ0) is 24.6. The molecule has 34 heavy (non-hydrogen) atoms. The summed E-state index contributed by atoms with van der Waals surface area (Å²) in [5.41, 5.74) is 10.1. The number of aromatic amines is 1. The average molecular weight is 471 g/mol. The van der Waals surface area contributed by atoms with E-state index in [1.54, 1.807) is 31.2 Å². The minimum absolute atomic E-state index is 0.0227. The quantitative estimate of drug-likeness (QED) is 0.157. The van der Waals surface area contributed by atoms with Gasteiger partial charge in [0, 0.05) is 24.6 Å². The Morgan fingerprint density at radius 1 is 1.15 bits per heavy atom. The molecule has 0 unspecified atom stereocenters. The topological polar surface area (TPSA) is 136 Å². The van der Waals surface area contributed by atoms with Crippen molar-refractivity contribution in [3.63, 3.8) is 0 Å². The summed E-state index contributed by atoms with van der Waals surface area (Å²) in [6.45, 7) is 1.74. The summed E-state index contributed by atoms with van der Waals surface area (Å²) in [7, 11) is 0. The van der Waals surface area contributed by atoms with E-state index < -0.39 is 22.9 Å². The Bertz CT molecular complexity index is 1510. The second-order valence-corrected chi connectivity index (χ2v) is 7.41. The summed E-state index contributed by atoms with van der Waals surface area (Å²) in [4.78, 5) is 30.5. The fourth-order valence-corrected chi connectivity index (χ4v) is 3.55. The molecule has 0 bridgehead atoms. The molecule has 0 atom stereocenters. The zero-order valence-corrected chi connectivity index (χ0v) is 17.8. The number of fused-ring (bicyclic) bond motifs is 1. The second-order valence-electron chi connectivity index (χ2n) is 7.41. The normalized spacial score (nSPS) is 12.3. The summed E-state index contributed by atoms with van der Waals surface area (Å²) < 4.78 is 44.0. The van der Waals surface area contributed by atoms with Crippen LogP contribution in [0.1, 0.15) is 12.5 Å². The lowest BCUT2D eigenvalue weighted by Crippen LogP contribution is -2.36. The Morgan fingerprint density at radius 2 is 1.85 bits per heavy atom. The monoisotopic (exact) mass is 471 g/mol. The van der Waals surface area contributed by atoms with Crippen LogP contribution in [0.5, 0.6) is 0 Å². The van der Waals surface area contributed by atoms with Crippen LogP contribution in [0.15, 0.2) is 69.4 Å². The minimum atomic E-state index is -4.72. The number of hydrogen-bond donors (Lipinski definition) is 4. The number of aryl methyl sites for hydroxylation is 1. The maximum absolute atomic E-state index is 13.9. The van der Waals surface area contributed by atoms with Crippen molar-refractivity contribution in [2.75, 3.05) is 11.1 Å². The van der Waals surface area contributed by atoms with Gasteiger partial charge in [0.1, 0.15) is 0 Å². The Balaban J connectivity index is 1.77. The molecule has 4 rings (SSSR count). The minimum Gasteiger partial charge on any atom is -0.399 e. The molecule has 0 fully saturated rings. The highest BCUT2D eigenvalue weighted by Gasteiger charge is 2.35. The number of alkyl halides is 3. The van der Waals surface area contributed by atoms with Gasteiger partial charge in [0.2, 0.25) is 0 Å². The molecular formula is C22H20F3N7O2. The fraction of sp³-hybridized carbons (Fsp3) is 0.136. The highest BCUT2D eigenvalue weighted by molar-refractivity contribution is 5.94. The third kappa shape index (κ3) is 4.37. The molecule has 6 N–H and O–H groups in total. The maximum atomic E-state index is 13.9. The van der Waals surface area contributed by atoms with Crippen LogP contribution < -0.4 is 27.9 Å². The van der Waals surface area contributed by atoms with Crippen molar-refractivity contribution in [2.45, 2.75) is 19.6 Å². The third-order valence-corrected chi connectivity index (χ3v) is 5.10. The highest BCUT2D eigenvalue weighted by atomic mass is 19.4. The molecule has 9 nitrogen and oxygen atoms in total. The van der Waals surface area contributed by atoms with Crippen molar-refractivity contribution in [1.29, 1.82) is 0 Å². The van der Waals surface area contributed by atoms with Crippen molar-refractivity contribution < 1.29 is 13.2 Å². The molecule has 4 aromatic rings. The first kappa shape index (κ1) is 22.7.